The Hall–Kier alpha value is -3.34. The number of carbonyl (C=O) groups excluding carboxylic acids is 1. The predicted molar refractivity (Wildman–Crippen MR) is 107 cm³/mol. The molecule has 144 valence electrons. The summed E-state index contributed by atoms with van der Waals surface area (Å²) in [5.41, 5.74) is 9.10. The molecule has 0 bridgehead atoms. The summed E-state index contributed by atoms with van der Waals surface area (Å²) in [6, 6.07) is 15.6. The molecule has 1 unspecified atom stereocenters. The van der Waals surface area contributed by atoms with Crippen molar-refractivity contribution in [1.82, 2.24) is 9.55 Å². The van der Waals surface area contributed by atoms with Crippen molar-refractivity contribution in [2.45, 2.75) is 12.5 Å². The molecule has 0 aliphatic carbocycles. The highest BCUT2D eigenvalue weighted by molar-refractivity contribution is 5.85. The van der Waals surface area contributed by atoms with Crippen LogP contribution in [0.25, 0.3) is 16.9 Å². The van der Waals surface area contributed by atoms with Crippen molar-refractivity contribution in [2.75, 3.05) is 7.11 Å². The molecule has 0 aliphatic heterocycles. The second kappa shape index (κ2) is 9.04. The van der Waals surface area contributed by atoms with Gasteiger partial charge < -0.3 is 15.5 Å². The zero-order valence-corrected chi connectivity index (χ0v) is 15.9. The molecule has 0 fully saturated rings. The SMILES string of the molecule is COC(=O)C(N)Cc1ccc(-c2c[nH]c(=O)n2-c2ccc(C#N)cc2)cc1.Cl. The molecule has 3 rings (SSSR count). The van der Waals surface area contributed by atoms with Gasteiger partial charge in [-0.25, -0.2) is 4.79 Å². The molecule has 3 aromatic rings. The summed E-state index contributed by atoms with van der Waals surface area (Å²) in [5, 5.41) is 8.92. The van der Waals surface area contributed by atoms with Crippen LogP contribution in [0.15, 0.2) is 59.5 Å². The van der Waals surface area contributed by atoms with E-state index in [-0.39, 0.29) is 18.1 Å². The van der Waals surface area contributed by atoms with E-state index in [1.165, 1.54) is 11.7 Å². The number of nitrogens with two attached hydrogens (primary N) is 1. The maximum absolute atomic E-state index is 12.3. The summed E-state index contributed by atoms with van der Waals surface area (Å²) >= 11 is 0. The van der Waals surface area contributed by atoms with Gasteiger partial charge in [0.05, 0.1) is 30.1 Å². The summed E-state index contributed by atoms with van der Waals surface area (Å²) in [7, 11) is 1.31. The largest absolute Gasteiger partial charge is 0.468 e. The predicted octanol–water partition coefficient (Wildman–Crippen LogP) is 2.17. The molecular weight excluding hydrogens is 380 g/mol. The first-order valence-electron chi connectivity index (χ1n) is 8.27. The quantitative estimate of drug-likeness (QED) is 0.639. The molecule has 8 heteroatoms. The number of nitrogens with zero attached hydrogens (tertiary/aromatic N) is 2. The molecule has 1 aromatic heterocycles. The minimum Gasteiger partial charge on any atom is -0.468 e. The lowest BCUT2D eigenvalue weighted by Gasteiger charge is -2.11. The number of carbonyl (C=O) groups is 1. The molecule has 0 radical (unpaired) electrons. The van der Waals surface area contributed by atoms with E-state index in [0.29, 0.717) is 23.4 Å². The fourth-order valence-electron chi connectivity index (χ4n) is 2.82. The molecule has 0 spiro atoms. The lowest BCUT2D eigenvalue weighted by atomic mass is 10.0. The molecule has 1 atom stereocenters. The van der Waals surface area contributed by atoms with Crippen molar-refractivity contribution in [3.8, 4) is 23.0 Å². The van der Waals surface area contributed by atoms with Gasteiger partial charge in [0.15, 0.2) is 0 Å². The molecule has 3 N–H and O–H groups in total. The van der Waals surface area contributed by atoms with Gasteiger partial charge in [0.25, 0.3) is 0 Å². The highest BCUT2D eigenvalue weighted by Crippen LogP contribution is 2.22. The van der Waals surface area contributed by atoms with Crippen LogP contribution in [0.4, 0.5) is 0 Å². The highest BCUT2D eigenvalue weighted by Gasteiger charge is 2.15. The fraction of sp³-hybridized carbons (Fsp3) is 0.150. The van der Waals surface area contributed by atoms with Crippen molar-refractivity contribution < 1.29 is 9.53 Å². The van der Waals surface area contributed by atoms with Crippen molar-refractivity contribution >= 4 is 18.4 Å². The van der Waals surface area contributed by atoms with Crippen molar-refractivity contribution in [2.24, 2.45) is 5.73 Å². The Bertz CT molecular complexity index is 1050. The number of benzene rings is 2. The Labute approximate surface area is 167 Å². The monoisotopic (exact) mass is 398 g/mol. The smallest absolute Gasteiger partial charge is 0.330 e. The zero-order valence-electron chi connectivity index (χ0n) is 15.1. The van der Waals surface area contributed by atoms with Gasteiger partial charge in [-0.2, -0.15) is 5.26 Å². The van der Waals surface area contributed by atoms with E-state index < -0.39 is 12.0 Å². The third-order valence-corrected chi connectivity index (χ3v) is 4.24. The third-order valence-electron chi connectivity index (χ3n) is 4.24. The number of imidazole rings is 1. The summed E-state index contributed by atoms with van der Waals surface area (Å²) in [4.78, 5) is 26.4. The number of aromatic amines is 1. The third kappa shape index (κ3) is 4.31. The summed E-state index contributed by atoms with van der Waals surface area (Å²) in [6.07, 6.45) is 2.00. The molecule has 1 heterocycles. The van der Waals surface area contributed by atoms with Crippen LogP contribution in [0.5, 0.6) is 0 Å². The van der Waals surface area contributed by atoms with Crippen LogP contribution in [0, 0.1) is 11.3 Å². The lowest BCUT2D eigenvalue weighted by molar-refractivity contribution is -0.142. The average molecular weight is 399 g/mol. The number of nitrogens with one attached hydrogen (secondary N) is 1. The van der Waals surface area contributed by atoms with Crippen molar-refractivity contribution in [3.05, 3.63) is 76.3 Å². The first-order valence-corrected chi connectivity index (χ1v) is 8.27. The number of rotatable bonds is 5. The molecule has 0 aliphatic rings. The van der Waals surface area contributed by atoms with Crippen LogP contribution in [0.2, 0.25) is 0 Å². The maximum atomic E-state index is 12.3. The number of hydrogen-bond donors (Lipinski definition) is 2. The number of nitriles is 1. The van der Waals surface area contributed by atoms with Crippen LogP contribution in [-0.2, 0) is 16.0 Å². The van der Waals surface area contributed by atoms with Crippen molar-refractivity contribution in [3.63, 3.8) is 0 Å². The number of methoxy groups -OCH3 is 1. The Kier molecular flexibility index (Phi) is 6.77. The molecule has 7 nitrogen and oxygen atoms in total. The molecule has 0 saturated carbocycles. The van der Waals surface area contributed by atoms with Crippen LogP contribution in [-0.4, -0.2) is 28.7 Å². The van der Waals surface area contributed by atoms with Gasteiger partial charge in [-0.15, -0.1) is 12.4 Å². The van der Waals surface area contributed by atoms with Gasteiger partial charge in [-0.1, -0.05) is 24.3 Å². The Balaban J connectivity index is 0.00000280. The molecular formula is C20H19ClN4O3. The summed E-state index contributed by atoms with van der Waals surface area (Å²) in [5.74, 6) is -0.459. The minimum absolute atomic E-state index is 0. The summed E-state index contributed by atoms with van der Waals surface area (Å²) < 4.78 is 6.17. The second-order valence-electron chi connectivity index (χ2n) is 6.00. The van der Waals surface area contributed by atoms with Gasteiger partial charge in [0.1, 0.15) is 6.04 Å². The van der Waals surface area contributed by atoms with E-state index in [4.69, 9.17) is 11.0 Å². The standard InChI is InChI=1S/C20H18N4O3.ClH/c1-27-19(25)17(22)10-13-2-6-15(7-3-13)18-12-23-20(26)24(18)16-8-4-14(11-21)5-9-16;/h2-9,12,17H,10,22H2,1H3,(H,23,26);1H. The van der Waals surface area contributed by atoms with Gasteiger partial charge in [0.2, 0.25) is 0 Å². The zero-order chi connectivity index (χ0) is 19.4. The fourth-order valence-corrected chi connectivity index (χ4v) is 2.82. The normalized spacial score (nSPS) is 11.2. The lowest BCUT2D eigenvalue weighted by Crippen LogP contribution is -2.33. The Morgan fingerprint density at radius 1 is 1.21 bits per heavy atom. The number of ether oxygens (including phenoxy) is 1. The van der Waals surface area contributed by atoms with E-state index in [1.807, 2.05) is 24.3 Å². The number of hydrogen-bond acceptors (Lipinski definition) is 5. The Morgan fingerprint density at radius 2 is 1.86 bits per heavy atom. The number of halogens is 1. The van der Waals surface area contributed by atoms with E-state index in [2.05, 4.69) is 15.8 Å². The topological polar surface area (TPSA) is 114 Å². The van der Waals surface area contributed by atoms with Crippen LogP contribution in [0.1, 0.15) is 11.1 Å². The van der Waals surface area contributed by atoms with Crippen LogP contribution in [0.3, 0.4) is 0 Å². The Morgan fingerprint density at radius 3 is 2.43 bits per heavy atom. The average Bonchev–Trinajstić information content (AvgIpc) is 3.09. The second-order valence-corrected chi connectivity index (χ2v) is 6.00. The number of esters is 1. The van der Waals surface area contributed by atoms with Crippen LogP contribution < -0.4 is 11.4 Å². The van der Waals surface area contributed by atoms with Gasteiger partial charge in [-0.05, 0) is 36.2 Å². The van der Waals surface area contributed by atoms with E-state index in [9.17, 15) is 9.59 Å². The molecule has 28 heavy (non-hydrogen) atoms. The molecule has 2 aromatic carbocycles. The van der Waals surface area contributed by atoms with Gasteiger partial charge in [0, 0.05) is 11.8 Å². The highest BCUT2D eigenvalue weighted by atomic mass is 35.5. The van der Waals surface area contributed by atoms with Gasteiger partial charge >= 0.3 is 11.7 Å². The van der Waals surface area contributed by atoms with Crippen molar-refractivity contribution in [1.29, 1.82) is 5.26 Å². The molecule has 0 amide bonds. The van der Waals surface area contributed by atoms with E-state index in [1.54, 1.807) is 30.5 Å². The van der Waals surface area contributed by atoms with E-state index >= 15 is 0 Å². The number of aromatic nitrogens is 2. The number of H-pyrrole nitrogens is 1. The minimum atomic E-state index is -0.718. The first kappa shape index (κ1) is 21.0. The molecule has 0 saturated heterocycles. The first-order chi connectivity index (χ1) is 13.0. The van der Waals surface area contributed by atoms with Crippen LogP contribution >= 0.6 is 12.4 Å². The maximum Gasteiger partial charge on any atom is 0.330 e. The van der Waals surface area contributed by atoms with Gasteiger partial charge in [-0.3, -0.25) is 9.36 Å². The van der Waals surface area contributed by atoms with E-state index in [0.717, 1.165) is 11.1 Å². The summed E-state index contributed by atoms with van der Waals surface area (Å²) in [6.45, 7) is 0.